The molecule has 0 unspecified atom stereocenters. The first-order chi connectivity index (χ1) is 13.9. The van der Waals surface area contributed by atoms with Gasteiger partial charge >= 0.3 is 5.97 Å². The molecule has 0 amide bonds. The summed E-state index contributed by atoms with van der Waals surface area (Å²) in [5.74, 6) is -2.03. The number of hydrogen-bond acceptors (Lipinski definition) is 2. The van der Waals surface area contributed by atoms with E-state index >= 15 is 0 Å². The van der Waals surface area contributed by atoms with Crippen molar-refractivity contribution in [2.75, 3.05) is 0 Å². The monoisotopic (exact) mass is 389 g/mol. The normalized spacial score (nSPS) is 11.0. The van der Waals surface area contributed by atoms with Gasteiger partial charge in [-0.15, -0.1) is 0 Å². The number of carboxylic acid groups (broad SMARTS) is 1. The summed E-state index contributed by atoms with van der Waals surface area (Å²) in [7, 11) is 0. The Balaban J connectivity index is 1.88. The number of fused-ring (bicyclic) bond motifs is 1. The van der Waals surface area contributed by atoms with Crippen molar-refractivity contribution in [3.63, 3.8) is 0 Å². The largest absolute Gasteiger partial charge is 0.478 e. The molecule has 0 fully saturated rings. The van der Waals surface area contributed by atoms with Gasteiger partial charge in [0.2, 0.25) is 0 Å². The third kappa shape index (κ3) is 3.25. The van der Waals surface area contributed by atoms with Crippen molar-refractivity contribution in [3.05, 3.63) is 89.0 Å². The lowest BCUT2D eigenvalue weighted by Crippen LogP contribution is -2.05. The third-order valence-corrected chi connectivity index (χ3v) is 5.02. The molecule has 0 radical (unpaired) electrons. The van der Waals surface area contributed by atoms with Crippen molar-refractivity contribution in [2.45, 2.75) is 13.8 Å². The molecular weight excluding hydrogens is 372 g/mol. The van der Waals surface area contributed by atoms with Gasteiger partial charge in [-0.2, -0.15) is 0 Å². The van der Waals surface area contributed by atoms with Crippen LogP contribution in [0.3, 0.4) is 0 Å². The van der Waals surface area contributed by atoms with Gasteiger partial charge in [-0.25, -0.2) is 18.6 Å². The molecule has 0 aliphatic rings. The Morgan fingerprint density at radius 2 is 1.59 bits per heavy atom. The number of carbonyl (C=O) groups is 1. The molecular formula is C24H17F2NO2. The quantitative estimate of drug-likeness (QED) is 0.456. The SMILES string of the molecule is Cc1ccc(-c2ccc(-c3nc4c(F)cccc4c(C(=O)O)c3C)cc2)c(F)c1. The van der Waals surface area contributed by atoms with Crippen LogP contribution in [0.5, 0.6) is 0 Å². The number of carboxylic acids is 1. The molecule has 29 heavy (non-hydrogen) atoms. The smallest absolute Gasteiger partial charge is 0.336 e. The summed E-state index contributed by atoms with van der Waals surface area (Å²) in [6.45, 7) is 3.48. The van der Waals surface area contributed by atoms with E-state index in [2.05, 4.69) is 4.98 Å². The highest BCUT2D eigenvalue weighted by atomic mass is 19.1. The van der Waals surface area contributed by atoms with Crippen molar-refractivity contribution in [1.82, 2.24) is 4.98 Å². The predicted molar refractivity (Wildman–Crippen MR) is 109 cm³/mol. The van der Waals surface area contributed by atoms with Gasteiger partial charge in [-0.1, -0.05) is 48.5 Å². The Morgan fingerprint density at radius 1 is 0.897 bits per heavy atom. The van der Waals surface area contributed by atoms with E-state index < -0.39 is 11.8 Å². The molecule has 3 nitrogen and oxygen atoms in total. The lowest BCUT2D eigenvalue weighted by molar-refractivity contribution is 0.0698. The fraction of sp³-hybridized carbons (Fsp3) is 0.0833. The molecule has 0 saturated carbocycles. The molecule has 1 aromatic heterocycles. The number of nitrogens with zero attached hydrogens (tertiary/aromatic N) is 1. The average molecular weight is 389 g/mol. The summed E-state index contributed by atoms with van der Waals surface area (Å²) in [5.41, 5.74) is 3.50. The number of aromatic nitrogens is 1. The highest BCUT2D eigenvalue weighted by Gasteiger charge is 2.20. The van der Waals surface area contributed by atoms with Crippen LogP contribution in [0.2, 0.25) is 0 Å². The van der Waals surface area contributed by atoms with Crippen LogP contribution in [0, 0.1) is 25.5 Å². The molecule has 0 spiro atoms. The van der Waals surface area contributed by atoms with E-state index in [1.807, 2.05) is 13.0 Å². The molecule has 0 aliphatic carbocycles. The fourth-order valence-corrected chi connectivity index (χ4v) is 3.57. The van der Waals surface area contributed by atoms with Crippen molar-refractivity contribution in [1.29, 1.82) is 0 Å². The minimum Gasteiger partial charge on any atom is -0.478 e. The topological polar surface area (TPSA) is 50.2 Å². The van der Waals surface area contributed by atoms with Crippen molar-refractivity contribution in [3.8, 4) is 22.4 Å². The van der Waals surface area contributed by atoms with Crippen molar-refractivity contribution in [2.24, 2.45) is 0 Å². The molecule has 144 valence electrons. The number of hydrogen-bond donors (Lipinski definition) is 1. The maximum absolute atomic E-state index is 14.3. The van der Waals surface area contributed by atoms with E-state index in [1.54, 1.807) is 43.3 Å². The summed E-state index contributed by atoms with van der Waals surface area (Å²) in [6, 6.07) is 16.3. The first-order valence-electron chi connectivity index (χ1n) is 9.06. The summed E-state index contributed by atoms with van der Waals surface area (Å²) in [4.78, 5) is 16.2. The summed E-state index contributed by atoms with van der Waals surface area (Å²) < 4.78 is 28.6. The predicted octanol–water partition coefficient (Wildman–Crippen LogP) is 6.16. The molecule has 1 heterocycles. The van der Waals surface area contributed by atoms with Crippen LogP contribution in [0.4, 0.5) is 8.78 Å². The second kappa shape index (κ2) is 7.09. The Labute approximate surface area is 166 Å². The van der Waals surface area contributed by atoms with E-state index in [9.17, 15) is 18.7 Å². The number of para-hydroxylation sites is 1. The minimum absolute atomic E-state index is 0.0131. The molecule has 0 bridgehead atoms. The summed E-state index contributed by atoms with van der Waals surface area (Å²) in [5, 5.41) is 9.94. The molecule has 1 N–H and O–H groups in total. The van der Waals surface area contributed by atoms with Gasteiger partial charge < -0.3 is 5.11 Å². The first-order valence-corrected chi connectivity index (χ1v) is 9.06. The van der Waals surface area contributed by atoms with Crippen LogP contribution in [0.15, 0.2) is 60.7 Å². The van der Waals surface area contributed by atoms with Gasteiger partial charge in [0.05, 0.1) is 11.3 Å². The zero-order valence-corrected chi connectivity index (χ0v) is 15.8. The second-order valence-electron chi connectivity index (χ2n) is 6.96. The Morgan fingerprint density at radius 3 is 2.24 bits per heavy atom. The van der Waals surface area contributed by atoms with Crippen LogP contribution in [-0.2, 0) is 0 Å². The highest BCUT2D eigenvalue weighted by Crippen LogP contribution is 2.32. The zero-order chi connectivity index (χ0) is 20.7. The van der Waals surface area contributed by atoms with Gasteiger partial charge in [-0.3, -0.25) is 0 Å². The molecule has 5 heteroatoms. The lowest BCUT2D eigenvalue weighted by Gasteiger charge is -2.13. The fourth-order valence-electron chi connectivity index (χ4n) is 3.57. The number of rotatable bonds is 3. The number of pyridine rings is 1. The Bertz CT molecular complexity index is 1260. The van der Waals surface area contributed by atoms with E-state index in [1.165, 1.54) is 18.2 Å². The molecule has 4 rings (SSSR count). The van der Waals surface area contributed by atoms with Gasteiger partial charge in [0.25, 0.3) is 0 Å². The van der Waals surface area contributed by atoms with Gasteiger partial charge in [0, 0.05) is 16.5 Å². The molecule has 0 saturated heterocycles. The van der Waals surface area contributed by atoms with Crippen LogP contribution in [-0.4, -0.2) is 16.1 Å². The second-order valence-corrected chi connectivity index (χ2v) is 6.96. The standard InChI is InChI=1S/C24H17F2NO2/c1-13-6-11-17(20(26)12-13)15-7-9-16(10-8-15)22-14(2)21(24(28)29)18-4-3-5-19(25)23(18)27-22/h3-12H,1-2H3,(H,28,29). The van der Waals surface area contributed by atoms with Crippen molar-refractivity contribution < 1.29 is 18.7 Å². The maximum Gasteiger partial charge on any atom is 0.336 e. The number of benzene rings is 3. The van der Waals surface area contributed by atoms with Gasteiger partial charge in [-0.05, 0) is 42.7 Å². The molecule has 0 atom stereocenters. The van der Waals surface area contributed by atoms with Crippen LogP contribution in [0.25, 0.3) is 33.3 Å². The van der Waals surface area contributed by atoms with E-state index in [4.69, 9.17) is 0 Å². The van der Waals surface area contributed by atoms with E-state index in [0.29, 0.717) is 27.9 Å². The summed E-state index contributed by atoms with van der Waals surface area (Å²) >= 11 is 0. The lowest BCUT2D eigenvalue weighted by atomic mass is 9.96. The average Bonchev–Trinajstić information content (AvgIpc) is 2.68. The van der Waals surface area contributed by atoms with Gasteiger partial charge in [0.1, 0.15) is 17.2 Å². The van der Waals surface area contributed by atoms with Gasteiger partial charge in [0.15, 0.2) is 0 Å². The zero-order valence-electron chi connectivity index (χ0n) is 15.8. The minimum atomic E-state index is -1.14. The first kappa shape index (κ1) is 18.7. The third-order valence-electron chi connectivity index (χ3n) is 5.02. The highest BCUT2D eigenvalue weighted by molar-refractivity contribution is 6.05. The number of aryl methyl sites for hydroxylation is 1. The van der Waals surface area contributed by atoms with Crippen LogP contribution < -0.4 is 0 Å². The number of aromatic carboxylic acids is 1. The van der Waals surface area contributed by atoms with E-state index in [0.717, 1.165) is 5.56 Å². The summed E-state index contributed by atoms with van der Waals surface area (Å²) in [6.07, 6.45) is 0. The van der Waals surface area contributed by atoms with Crippen LogP contribution in [0.1, 0.15) is 21.5 Å². The molecule has 0 aliphatic heterocycles. The number of halogens is 2. The van der Waals surface area contributed by atoms with E-state index in [-0.39, 0.29) is 22.3 Å². The molecule has 3 aromatic carbocycles. The Kier molecular flexibility index (Phi) is 4.59. The maximum atomic E-state index is 14.3. The van der Waals surface area contributed by atoms with Crippen molar-refractivity contribution >= 4 is 16.9 Å². The molecule has 4 aromatic rings. The Hall–Kier alpha value is -3.60. The van der Waals surface area contributed by atoms with Crippen LogP contribution >= 0.6 is 0 Å².